The van der Waals surface area contributed by atoms with Crippen molar-refractivity contribution in [2.75, 3.05) is 7.11 Å². The average Bonchev–Trinajstić information content (AvgIpc) is 2.97. The summed E-state index contributed by atoms with van der Waals surface area (Å²) < 4.78 is 32.3. The number of benzene rings is 2. The molecule has 0 saturated heterocycles. The van der Waals surface area contributed by atoms with Gasteiger partial charge < -0.3 is 4.74 Å². The van der Waals surface area contributed by atoms with E-state index in [-0.39, 0.29) is 11.4 Å². The Kier molecular flexibility index (Phi) is 3.82. The first-order chi connectivity index (χ1) is 10.7. The van der Waals surface area contributed by atoms with Crippen LogP contribution in [0.15, 0.2) is 42.5 Å². The number of ether oxygens (including phenoxy) is 1. The minimum atomic E-state index is -0.812. The minimum Gasteiger partial charge on any atom is -0.491 e. The van der Waals surface area contributed by atoms with Crippen molar-refractivity contribution in [2.24, 2.45) is 0 Å². The Morgan fingerprint density at radius 1 is 1.09 bits per heavy atom. The van der Waals surface area contributed by atoms with Crippen molar-refractivity contribution in [2.45, 2.75) is 6.42 Å². The van der Waals surface area contributed by atoms with E-state index in [0.29, 0.717) is 12.2 Å². The third-order valence-electron chi connectivity index (χ3n) is 3.24. The number of aromatic nitrogens is 3. The van der Waals surface area contributed by atoms with Gasteiger partial charge in [-0.15, -0.1) is 0 Å². The van der Waals surface area contributed by atoms with Crippen molar-refractivity contribution in [1.82, 2.24) is 15.2 Å². The van der Waals surface area contributed by atoms with E-state index in [4.69, 9.17) is 4.74 Å². The first-order valence-corrected chi connectivity index (χ1v) is 6.66. The lowest BCUT2D eigenvalue weighted by atomic mass is 10.1. The molecule has 4 nitrogen and oxygen atoms in total. The summed E-state index contributed by atoms with van der Waals surface area (Å²) in [5.74, 6) is -1.24. The zero-order valence-electron chi connectivity index (χ0n) is 11.8. The van der Waals surface area contributed by atoms with Crippen molar-refractivity contribution in [1.29, 1.82) is 0 Å². The Morgan fingerprint density at radius 2 is 1.86 bits per heavy atom. The number of hydrogen-bond acceptors (Lipinski definition) is 3. The van der Waals surface area contributed by atoms with E-state index < -0.39 is 17.4 Å². The highest BCUT2D eigenvalue weighted by Gasteiger charge is 2.18. The highest BCUT2D eigenvalue weighted by Crippen LogP contribution is 2.29. The molecule has 2 aromatic carbocycles. The number of halogens is 2. The van der Waals surface area contributed by atoms with Gasteiger partial charge in [-0.25, -0.2) is 13.8 Å². The molecule has 3 aromatic rings. The molecule has 0 fully saturated rings. The van der Waals surface area contributed by atoms with Crippen molar-refractivity contribution < 1.29 is 13.5 Å². The van der Waals surface area contributed by atoms with Crippen LogP contribution < -0.4 is 4.74 Å². The van der Waals surface area contributed by atoms with Crippen LogP contribution in [0.4, 0.5) is 8.78 Å². The quantitative estimate of drug-likeness (QED) is 0.804. The Hall–Kier alpha value is -2.76. The van der Waals surface area contributed by atoms with Crippen LogP contribution in [0.25, 0.3) is 11.4 Å². The van der Waals surface area contributed by atoms with E-state index in [0.717, 1.165) is 11.6 Å². The SMILES string of the molecule is COc1c(F)ccc(-c2n[nH]c(Cc3ccccc3)n2)c1F. The largest absolute Gasteiger partial charge is 0.491 e. The lowest BCUT2D eigenvalue weighted by Crippen LogP contribution is -1.96. The maximum atomic E-state index is 14.2. The van der Waals surface area contributed by atoms with Gasteiger partial charge in [0.05, 0.1) is 12.7 Å². The Morgan fingerprint density at radius 3 is 2.59 bits per heavy atom. The lowest BCUT2D eigenvalue weighted by Gasteiger charge is -2.05. The molecule has 0 saturated carbocycles. The molecule has 0 spiro atoms. The van der Waals surface area contributed by atoms with E-state index in [9.17, 15) is 8.78 Å². The predicted octanol–water partition coefficient (Wildman–Crippen LogP) is 3.35. The van der Waals surface area contributed by atoms with Crippen LogP contribution in [0.5, 0.6) is 5.75 Å². The zero-order chi connectivity index (χ0) is 15.5. The molecule has 6 heteroatoms. The molecule has 0 aliphatic heterocycles. The molecule has 0 aliphatic carbocycles. The van der Waals surface area contributed by atoms with Gasteiger partial charge in [0, 0.05) is 6.42 Å². The number of nitrogens with zero attached hydrogens (tertiary/aromatic N) is 2. The molecule has 0 atom stereocenters. The van der Waals surface area contributed by atoms with E-state index in [2.05, 4.69) is 15.2 Å². The van der Waals surface area contributed by atoms with Crippen LogP contribution >= 0.6 is 0 Å². The summed E-state index contributed by atoms with van der Waals surface area (Å²) in [6.45, 7) is 0. The van der Waals surface area contributed by atoms with Gasteiger partial charge >= 0.3 is 0 Å². The van der Waals surface area contributed by atoms with E-state index >= 15 is 0 Å². The van der Waals surface area contributed by atoms with E-state index in [1.54, 1.807) is 0 Å². The summed E-state index contributed by atoms with van der Waals surface area (Å²) in [6, 6.07) is 12.1. The van der Waals surface area contributed by atoms with Crippen LogP contribution in [0.2, 0.25) is 0 Å². The first-order valence-electron chi connectivity index (χ1n) is 6.66. The van der Waals surface area contributed by atoms with Gasteiger partial charge in [0.25, 0.3) is 0 Å². The Labute approximate surface area is 125 Å². The molecule has 0 amide bonds. The summed E-state index contributed by atoms with van der Waals surface area (Å²) in [5.41, 5.74) is 1.15. The molecule has 3 rings (SSSR count). The Bertz CT molecular complexity index is 787. The van der Waals surface area contributed by atoms with Crippen LogP contribution in [0.1, 0.15) is 11.4 Å². The number of H-pyrrole nitrogens is 1. The molecule has 1 aromatic heterocycles. The molecule has 0 bridgehead atoms. The van der Waals surface area contributed by atoms with Crippen molar-refractivity contribution in [3.8, 4) is 17.1 Å². The predicted molar refractivity (Wildman–Crippen MR) is 77.5 cm³/mol. The molecule has 1 N–H and O–H groups in total. The summed E-state index contributed by atoms with van der Waals surface area (Å²) in [7, 11) is 1.21. The smallest absolute Gasteiger partial charge is 0.191 e. The van der Waals surface area contributed by atoms with Crippen LogP contribution in [-0.2, 0) is 6.42 Å². The van der Waals surface area contributed by atoms with Crippen LogP contribution in [0, 0.1) is 11.6 Å². The fraction of sp³-hybridized carbons (Fsp3) is 0.125. The topological polar surface area (TPSA) is 50.8 Å². The van der Waals surface area contributed by atoms with Gasteiger partial charge in [0.2, 0.25) is 0 Å². The number of methoxy groups -OCH3 is 1. The van der Waals surface area contributed by atoms with Crippen molar-refractivity contribution >= 4 is 0 Å². The Balaban J connectivity index is 1.91. The highest BCUT2D eigenvalue weighted by atomic mass is 19.1. The summed E-state index contributed by atoms with van der Waals surface area (Å²) in [5, 5.41) is 6.76. The highest BCUT2D eigenvalue weighted by molar-refractivity contribution is 5.59. The molecular weight excluding hydrogens is 288 g/mol. The molecule has 0 unspecified atom stereocenters. The second-order valence-electron chi connectivity index (χ2n) is 4.71. The first kappa shape index (κ1) is 14.2. The van der Waals surface area contributed by atoms with Crippen molar-refractivity contribution in [3.05, 3.63) is 65.5 Å². The second kappa shape index (κ2) is 5.93. The summed E-state index contributed by atoms with van der Waals surface area (Å²) in [4.78, 5) is 4.26. The monoisotopic (exact) mass is 301 g/mol. The van der Waals surface area contributed by atoms with E-state index in [1.165, 1.54) is 13.2 Å². The second-order valence-corrected chi connectivity index (χ2v) is 4.71. The van der Waals surface area contributed by atoms with E-state index in [1.807, 2.05) is 30.3 Å². The van der Waals surface area contributed by atoms with Crippen molar-refractivity contribution in [3.63, 3.8) is 0 Å². The van der Waals surface area contributed by atoms with Gasteiger partial charge in [0.1, 0.15) is 5.82 Å². The maximum absolute atomic E-state index is 14.2. The summed E-state index contributed by atoms with van der Waals surface area (Å²) >= 11 is 0. The fourth-order valence-corrected chi connectivity index (χ4v) is 2.18. The lowest BCUT2D eigenvalue weighted by molar-refractivity contribution is 0.360. The number of rotatable bonds is 4. The van der Waals surface area contributed by atoms with Gasteiger partial charge in [-0.1, -0.05) is 30.3 Å². The molecular formula is C16H13F2N3O. The van der Waals surface area contributed by atoms with Gasteiger partial charge in [0.15, 0.2) is 23.2 Å². The van der Waals surface area contributed by atoms with Gasteiger partial charge in [-0.05, 0) is 17.7 Å². The molecule has 0 radical (unpaired) electrons. The van der Waals surface area contributed by atoms with Crippen LogP contribution in [0.3, 0.4) is 0 Å². The molecule has 112 valence electrons. The normalized spacial score (nSPS) is 10.7. The number of nitrogens with one attached hydrogen (secondary N) is 1. The van der Waals surface area contributed by atoms with Crippen LogP contribution in [-0.4, -0.2) is 22.3 Å². The minimum absolute atomic E-state index is 0.0915. The maximum Gasteiger partial charge on any atom is 0.191 e. The zero-order valence-corrected chi connectivity index (χ0v) is 11.8. The third kappa shape index (κ3) is 2.67. The average molecular weight is 301 g/mol. The van der Waals surface area contributed by atoms with Gasteiger partial charge in [-0.3, -0.25) is 5.10 Å². The number of aromatic amines is 1. The molecule has 1 heterocycles. The molecule has 0 aliphatic rings. The standard InChI is InChI=1S/C16H13F2N3O/c1-22-15-12(17)8-7-11(14(15)18)16-19-13(20-21-16)9-10-5-3-2-4-6-10/h2-8H,9H2,1H3,(H,19,20,21). The molecule has 22 heavy (non-hydrogen) atoms. The summed E-state index contributed by atoms with van der Waals surface area (Å²) in [6.07, 6.45) is 0.549. The third-order valence-corrected chi connectivity index (χ3v) is 3.24. The number of hydrogen-bond donors (Lipinski definition) is 1. The van der Waals surface area contributed by atoms with Gasteiger partial charge in [-0.2, -0.15) is 5.10 Å². The fourth-order valence-electron chi connectivity index (χ4n) is 2.18.